The molecule has 1 heterocycles. The molecule has 0 radical (unpaired) electrons. The Morgan fingerprint density at radius 1 is 1.33 bits per heavy atom. The number of hydrogen-bond donors (Lipinski definition) is 1. The van der Waals surface area contributed by atoms with Crippen molar-refractivity contribution in [3.05, 3.63) is 35.6 Å². The number of methoxy groups -OCH3 is 1. The molecule has 18 heavy (non-hydrogen) atoms. The van der Waals surface area contributed by atoms with E-state index in [4.69, 9.17) is 16.3 Å². The van der Waals surface area contributed by atoms with Gasteiger partial charge in [-0.15, -0.1) is 0 Å². The van der Waals surface area contributed by atoms with E-state index in [9.17, 15) is 0 Å². The van der Waals surface area contributed by atoms with Crippen molar-refractivity contribution >= 4 is 17.4 Å². The fourth-order valence-electron chi connectivity index (χ4n) is 1.70. The standard InChI is InChI=1S/C13H14ClN3O/c1-3-15-13-12(18-2)11(16-8-17-13)9-5-4-6-10(14)7-9/h4-8H,3H2,1-2H3,(H,15,16,17). The fourth-order valence-corrected chi connectivity index (χ4v) is 1.89. The molecule has 2 aromatic rings. The van der Waals surface area contributed by atoms with Gasteiger partial charge in [0, 0.05) is 17.1 Å². The van der Waals surface area contributed by atoms with E-state index in [0.717, 1.165) is 17.8 Å². The van der Waals surface area contributed by atoms with Crippen molar-refractivity contribution in [1.29, 1.82) is 0 Å². The minimum absolute atomic E-state index is 0.626. The van der Waals surface area contributed by atoms with Crippen LogP contribution in [0.5, 0.6) is 5.75 Å². The second kappa shape index (κ2) is 5.69. The lowest BCUT2D eigenvalue weighted by Gasteiger charge is -2.12. The van der Waals surface area contributed by atoms with E-state index in [2.05, 4.69) is 15.3 Å². The molecule has 94 valence electrons. The SMILES string of the molecule is CCNc1ncnc(-c2cccc(Cl)c2)c1OC. The third kappa shape index (κ3) is 2.54. The van der Waals surface area contributed by atoms with Crippen molar-refractivity contribution in [2.24, 2.45) is 0 Å². The molecule has 0 saturated carbocycles. The molecule has 1 N–H and O–H groups in total. The van der Waals surface area contributed by atoms with E-state index >= 15 is 0 Å². The zero-order chi connectivity index (χ0) is 13.0. The lowest BCUT2D eigenvalue weighted by Crippen LogP contribution is -2.04. The van der Waals surface area contributed by atoms with Gasteiger partial charge in [-0.05, 0) is 19.1 Å². The number of nitrogens with zero attached hydrogens (tertiary/aromatic N) is 2. The maximum Gasteiger partial charge on any atom is 0.187 e. The summed E-state index contributed by atoms with van der Waals surface area (Å²) in [4.78, 5) is 8.44. The Morgan fingerprint density at radius 3 is 2.83 bits per heavy atom. The van der Waals surface area contributed by atoms with Crippen LogP contribution < -0.4 is 10.1 Å². The molecule has 0 unspecified atom stereocenters. The molecule has 0 spiro atoms. The third-order valence-corrected chi connectivity index (χ3v) is 2.69. The first-order valence-corrected chi connectivity index (χ1v) is 6.02. The van der Waals surface area contributed by atoms with Crippen molar-refractivity contribution < 1.29 is 4.74 Å². The Balaban J connectivity index is 2.53. The van der Waals surface area contributed by atoms with Gasteiger partial charge in [-0.1, -0.05) is 23.7 Å². The highest BCUT2D eigenvalue weighted by Crippen LogP contribution is 2.33. The van der Waals surface area contributed by atoms with E-state index in [0.29, 0.717) is 16.6 Å². The quantitative estimate of drug-likeness (QED) is 0.920. The van der Waals surface area contributed by atoms with Crippen LogP contribution in [0.3, 0.4) is 0 Å². The predicted molar refractivity (Wildman–Crippen MR) is 73.2 cm³/mol. The van der Waals surface area contributed by atoms with E-state index in [-0.39, 0.29) is 0 Å². The normalized spacial score (nSPS) is 10.2. The highest BCUT2D eigenvalue weighted by atomic mass is 35.5. The molecule has 1 aromatic heterocycles. The Hall–Kier alpha value is -1.81. The lowest BCUT2D eigenvalue weighted by molar-refractivity contribution is 0.414. The summed E-state index contributed by atoms with van der Waals surface area (Å²) < 4.78 is 5.39. The summed E-state index contributed by atoms with van der Waals surface area (Å²) in [6.45, 7) is 2.77. The molecular weight excluding hydrogens is 250 g/mol. The lowest BCUT2D eigenvalue weighted by atomic mass is 10.1. The van der Waals surface area contributed by atoms with Gasteiger partial charge < -0.3 is 10.1 Å². The highest BCUT2D eigenvalue weighted by molar-refractivity contribution is 6.30. The van der Waals surface area contributed by atoms with E-state index < -0.39 is 0 Å². The first-order valence-electron chi connectivity index (χ1n) is 5.65. The molecule has 0 saturated heterocycles. The molecular formula is C13H14ClN3O. The van der Waals surface area contributed by atoms with E-state index in [1.165, 1.54) is 6.33 Å². The highest BCUT2D eigenvalue weighted by Gasteiger charge is 2.13. The van der Waals surface area contributed by atoms with Crippen LogP contribution in [0.2, 0.25) is 5.02 Å². The number of ether oxygens (including phenoxy) is 1. The van der Waals surface area contributed by atoms with Gasteiger partial charge in [-0.2, -0.15) is 0 Å². The first kappa shape index (κ1) is 12.6. The molecule has 0 fully saturated rings. The number of rotatable bonds is 4. The predicted octanol–water partition coefficient (Wildman–Crippen LogP) is 3.24. The molecule has 0 amide bonds. The largest absolute Gasteiger partial charge is 0.491 e. The maximum atomic E-state index is 5.99. The van der Waals surface area contributed by atoms with Crippen molar-refractivity contribution in [2.45, 2.75) is 6.92 Å². The van der Waals surface area contributed by atoms with Gasteiger partial charge in [-0.25, -0.2) is 9.97 Å². The first-order chi connectivity index (χ1) is 8.76. The summed E-state index contributed by atoms with van der Waals surface area (Å²) in [7, 11) is 1.60. The topological polar surface area (TPSA) is 47.0 Å². The number of benzene rings is 1. The summed E-state index contributed by atoms with van der Waals surface area (Å²) >= 11 is 5.99. The van der Waals surface area contributed by atoms with Gasteiger partial charge in [-0.3, -0.25) is 0 Å². The van der Waals surface area contributed by atoms with Crippen LogP contribution in [0.25, 0.3) is 11.3 Å². The monoisotopic (exact) mass is 263 g/mol. The molecule has 0 atom stereocenters. The van der Waals surface area contributed by atoms with Crippen molar-refractivity contribution in [1.82, 2.24) is 9.97 Å². The van der Waals surface area contributed by atoms with Crippen molar-refractivity contribution in [3.63, 3.8) is 0 Å². The Labute approximate surface area is 111 Å². The fraction of sp³-hybridized carbons (Fsp3) is 0.231. The van der Waals surface area contributed by atoms with Gasteiger partial charge in [0.25, 0.3) is 0 Å². The van der Waals surface area contributed by atoms with E-state index in [1.807, 2.05) is 31.2 Å². The molecule has 0 aliphatic heterocycles. The van der Waals surface area contributed by atoms with Crippen LogP contribution in [-0.4, -0.2) is 23.6 Å². The second-order valence-corrected chi connectivity index (χ2v) is 4.08. The van der Waals surface area contributed by atoms with Gasteiger partial charge >= 0.3 is 0 Å². The average Bonchev–Trinajstić information content (AvgIpc) is 2.39. The van der Waals surface area contributed by atoms with Crippen molar-refractivity contribution in [3.8, 4) is 17.0 Å². The zero-order valence-electron chi connectivity index (χ0n) is 10.3. The molecule has 5 heteroatoms. The molecule has 2 rings (SSSR count). The van der Waals surface area contributed by atoms with Crippen LogP contribution in [-0.2, 0) is 0 Å². The summed E-state index contributed by atoms with van der Waals surface area (Å²) in [6.07, 6.45) is 1.51. The van der Waals surface area contributed by atoms with E-state index in [1.54, 1.807) is 7.11 Å². The maximum absolute atomic E-state index is 5.99. The van der Waals surface area contributed by atoms with Crippen LogP contribution in [0, 0.1) is 0 Å². The Kier molecular flexibility index (Phi) is 3.99. The average molecular weight is 264 g/mol. The van der Waals surface area contributed by atoms with Crippen LogP contribution >= 0.6 is 11.6 Å². The molecule has 0 aliphatic rings. The van der Waals surface area contributed by atoms with Gasteiger partial charge in [0.15, 0.2) is 11.6 Å². The summed E-state index contributed by atoms with van der Waals surface area (Å²) in [6, 6.07) is 7.49. The van der Waals surface area contributed by atoms with Crippen LogP contribution in [0.1, 0.15) is 6.92 Å². The minimum atomic E-state index is 0.626. The summed E-state index contributed by atoms with van der Waals surface area (Å²) in [5.41, 5.74) is 1.63. The number of halogens is 1. The number of aromatic nitrogens is 2. The van der Waals surface area contributed by atoms with Gasteiger partial charge in [0.05, 0.1) is 7.11 Å². The smallest absolute Gasteiger partial charge is 0.187 e. The Bertz CT molecular complexity index is 546. The minimum Gasteiger partial charge on any atom is -0.491 e. The number of hydrogen-bond acceptors (Lipinski definition) is 4. The molecule has 1 aromatic carbocycles. The second-order valence-electron chi connectivity index (χ2n) is 3.64. The molecule has 4 nitrogen and oxygen atoms in total. The number of anilines is 1. The van der Waals surface area contributed by atoms with Crippen LogP contribution in [0.4, 0.5) is 5.82 Å². The molecule has 0 bridgehead atoms. The van der Waals surface area contributed by atoms with Gasteiger partial charge in [0.1, 0.15) is 12.0 Å². The third-order valence-electron chi connectivity index (χ3n) is 2.45. The van der Waals surface area contributed by atoms with Crippen LogP contribution in [0.15, 0.2) is 30.6 Å². The summed E-state index contributed by atoms with van der Waals surface area (Å²) in [5.74, 6) is 1.31. The van der Waals surface area contributed by atoms with Crippen molar-refractivity contribution in [2.75, 3.05) is 19.0 Å². The summed E-state index contributed by atoms with van der Waals surface area (Å²) in [5, 5.41) is 3.81. The molecule has 0 aliphatic carbocycles. The zero-order valence-corrected chi connectivity index (χ0v) is 11.0. The Morgan fingerprint density at radius 2 is 2.17 bits per heavy atom. The van der Waals surface area contributed by atoms with Gasteiger partial charge in [0.2, 0.25) is 0 Å². The number of nitrogens with one attached hydrogen (secondary N) is 1.